The van der Waals surface area contributed by atoms with Crippen LogP contribution in [0.5, 0.6) is 0 Å². The van der Waals surface area contributed by atoms with Crippen LogP contribution in [0.15, 0.2) is 121 Å². The summed E-state index contributed by atoms with van der Waals surface area (Å²) in [7, 11) is 0. The number of aromatic nitrogens is 1. The number of halogens is 6. The molecule has 0 atom stereocenters. The van der Waals surface area contributed by atoms with E-state index >= 15 is 0 Å². The molecular formula is C45H38BF6NPt. The number of alkyl halides is 6. The third-order valence-corrected chi connectivity index (χ3v) is 8.41. The smallest absolute Gasteiger partial charge is 0.248 e. The van der Waals surface area contributed by atoms with Crippen molar-refractivity contribution in [2.75, 3.05) is 0 Å². The van der Waals surface area contributed by atoms with Crippen LogP contribution in [0.3, 0.4) is 0 Å². The summed E-state index contributed by atoms with van der Waals surface area (Å²) in [5.41, 5.74) is 12.5. The van der Waals surface area contributed by atoms with Gasteiger partial charge in [-0.05, 0) is 65.7 Å². The fraction of sp³-hybridized carbons (Fsp3) is 0.178. The first-order valence-electron chi connectivity index (χ1n) is 16.8. The topological polar surface area (TPSA) is 12.9 Å². The molecule has 0 amide bonds. The van der Waals surface area contributed by atoms with Crippen molar-refractivity contribution in [1.82, 2.24) is 4.98 Å². The third-order valence-electron chi connectivity index (χ3n) is 8.41. The zero-order valence-corrected chi connectivity index (χ0v) is 32.9. The van der Waals surface area contributed by atoms with Gasteiger partial charge in [0, 0.05) is 11.8 Å². The predicted molar refractivity (Wildman–Crippen MR) is 203 cm³/mol. The second kappa shape index (κ2) is 19.5. The van der Waals surface area contributed by atoms with Crippen molar-refractivity contribution in [3.05, 3.63) is 189 Å². The molecule has 0 unspecified atom stereocenters. The van der Waals surface area contributed by atoms with E-state index in [0.717, 1.165) is 35.5 Å². The molecule has 54 heavy (non-hydrogen) atoms. The normalized spacial score (nSPS) is 10.7. The molecule has 1 nitrogen and oxygen atoms in total. The molecule has 6 aromatic rings. The van der Waals surface area contributed by atoms with Gasteiger partial charge in [0.15, 0.2) is 0 Å². The third kappa shape index (κ3) is 12.1. The summed E-state index contributed by atoms with van der Waals surface area (Å²) in [5, 5.41) is 0. The van der Waals surface area contributed by atoms with Gasteiger partial charge in [-0.15, -0.1) is 0 Å². The van der Waals surface area contributed by atoms with Crippen LogP contribution in [0, 0.1) is 65.5 Å². The fourth-order valence-electron chi connectivity index (χ4n) is 6.33. The summed E-state index contributed by atoms with van der Waals surface area (Å²) in [6, 6.07) is 37.5. The maximum atomic E-state index is 11.8. The Morgan fingerprint density at radius 2 is 0.944 bits per heavy atom. The number of aryl methyl sites for hydroxylation is 6. The zero-order chi connectivity index (χ0) is 38.8. The summed E-state index contributed by atoms with van der Waals surface area (Å²) in [6.45, 7) is 13.4. The van der Waals surface area contributed by atoms with Crippen molar-refractivity contribution in [2.24, 2.45) is 0 Å². The molecular weight excluding hydrogens is 874 g/mol. The van der Waals surface area contributed by atoms with Gasteiger partial charge >= 0.3 is 33.4 Å². The summed E-state index contributed by atoms with van der Waals surface area (Å²) in [5.74, 6) is 6.71. The van der Waals surface area contributed by atoms with Gasteiger partial charge in [0.2, 0.25) is 6.71 Å². The first kappa shape index (κ1) is 43.5. The number of rotatable bonds is 3. The molecule has 0 radical (unpaired) electrons. The van der Waals surface area contributed by atoms with Crippen molar-refractivity contribution in [3.8, 4) is 11.8 Å². The molecule has 0 aliphatic rings. The molecule has 0 aliphatic heterocycles. The largest absolute Gasteiger partial charge is 2.00 e. The minimum atomic E-state index is -4.23. The molecule has 1 aromatic heterocycles. The molecule has 1 heterocycles. The van der Waals surface area contributed by atoms with Crippen molar-refractivity contribution >= 4 is 23.1 Å². The molecule has 0 spiro atoms. The van der Waals surface area contributed by atoms with E-state index in [9.17, 15) is 26.3 Å². The van der Waals surface area contributed by atoms with E-state index in [4.69, 9.17) is 0 Å². The van der Waals surface area contributed by atoms with Gasteiger partial charge in [0.1, 0.15) is 5.69 Å². The first-order chi connectivity index (χ1) is 25.1. The molecule has 9 heteroatoms. The minimum Gasteiger partial charge on any atom is -0.248 e. The number of benzene rings is 5. The molecule has 0 fully saturated rings. The summed E-state index contributed by atoms with van der Waals surface area (Å²) >= 11 is 0. The van der Waals surface area contributed by atoms with E-state index in [0.29, 0.717) is 0 Å². The zero-order valence-electron chi connectivity index (χ0n) is 30.7. The van der Waals surface area contributed by atoms with Gasteiger partial charge in [0.05, 0.1) is 0 Å². The van der Waals surface area contributed by atoms with Crippen LogP contribution in [-0.2, 0) is 33.4 Å². The van der Waals surface area contributed by atoms with Crippen LogP contribution < -0.4 is 16.4 Å². The van der Waals surface area contributed by atoms with E-state index in [2.05, 4.69) is 119 Å². The maximum Gasteiger partial charge on any atom is 2.00 e. The van der Waals surface area contributed by atoms with Gasteiger partial charge in [-0.25, -0.2) is 4.98 Å². The molecule has 0 N–H and O–H groups in total. The van der Waals surface area contributed by atoms with Crippen molar-refractivity contribution in [3.63, 3.8) is 0 Å². The van der Waals surface area contributed by atoms with Gasteiger partial charge < -0.3 is 0 Å². The van der Waals surface area contributed by atoms with Crippen LogP contribution in [-0.4, -0.2) is 11.7 Å². The Bertz CT molecular complexity index is 2020. The summed E-state index contributed by atoms with van der Waals surface area (Å²) in [4.78, 5) is 4.39. The van der Waals surface area contributed by atoms with Crippen LogP contribution in [0.25, 0.3) is 0 Å². The average Bonchev–Trinajstić information content (AvgIpc) is 3.10. The van der Waals surface area contributed by atoms with Crippen molar-refractivity contribution < 1.29 is 47.4 Å². The fourth-order valence-corrected chi connectivity index (χ4v) is 6.33. The van der Waals surface area contributed by atoms with Crippen LogP contribution in [0.1, 0.15) is 55.8 Å². The SMILES string of the molecule is Cc1cc(C)c(B(c2ccccc2C#Cc2ccccn2)c2c(C)cc(C)cc2C)c(C)c1.FC(F)(F)c1cc[c-]cc1.FC(F)(F)c1cc[c-]cc1.[Pt+2]. The first-order valence-corrected chi connectivity index (χ1v) is 16.8. The molecule has 278 valence electrons. The second-order valence-corrected chi connectivity index (χ2v) is 12.7. The summed E-state index contributed by atoms with van der Waals surface area (Å²) in [6.07, 6.45) is -6.67. The van der Waals surface area contributed by atoms with Crippen molar-refractivity contribution in [1.29, 1.82) is 0 Å². The molecule has 0 saturated heterocycles. The van der Waals surface area contributed by atoms with Crippen LogP contribution >= 0.6 is 0 Å². The number of hydrogen-bond acceptors (Lipinski definition) is 1. The number of pyridine rings is 1. The quantitative estimate of drug-likeness (QED) is 0.0747. The van der Waals surface area contributed by atoms with Gasteiger partial charge in [0.25, 0.3) is 0 Å². The van der Waals surface area contributed by atoms with Gasteiger partial charge in [-0.3, -0.25) is 0 Å². The Kier molecular flexibility index (Phi) is 15.7. The molecule has 6 rings (SSSR count). The molecule has 0 aliphatic carbocycles. The minimum absolute atomic E-state index is 0. The number of nitrogens with zero attached hydrogens (tertiary/aromatic N) is 1. The van der Waals surface area contributed by atoms with Gasteiger partial charge in [-0.2, -0.15) is 87.0 Å². The average molecular weight is 913 g/mol. The Labute approximate surface area is 329 Å². The van der Waals surface area contributed by atoms with E-state index in [1.165, 1.54) is 74.0 Å². The molecule has 0 bridgehead atoms. The Balaban J connectivity index is 0.000000304. The molecule has 0 saturated carbocycles. The standard InChI is InChI=1S/C31H30BN.2C7H4F3.Pt/c1-21-17-23(3)30(24(4)18-21)32(31-25(5)19-22(2)20-26(31)6)29-13-8-7-11-27(29)14-15-28-12-9-10-16-33-28;2*8-7(9,10)6-4-2-1-3-5-6;/h7-13,16-20H,1-6H3;2*2-5H;/q;2*-1;+2. The second-order valence-electron chi connectivity index (χ2n) is 12.7. The number of hydrogen-bond donors (Lipinski definition) is 0. The Hall–Kier alpha value is -4.86. The monoisotopic (exact) mass is 912 g/mol. The summed E-state index contributed by atoms with van der Waals surface area (Å²) < 4.78 is 70.6. The van der Waals surface area contributed by atoms with E-state index < -0.39 is 23.5 Å². The van der Waals surface area contributed by atoms with Crippen molar-refractivity contribution in [2.45, 2.75) is 53.9 Å². The van der Waals surface area contributed by atoms with Crippen LogP contribution in [0.2, 0.25) is 0 Å². The molecule has 5 aromatic carbocycles. The maximum absolute atomic E-state index is 11.8. The Morgan fingerprint density at radius 3 is 1.31 bits per heavy atom. The predicted octanol–water partition coefficient (Wildman–Crippen LogP) is 9.86. The van der Waals surface area contributed by atoms with E-state index in [1.807, 2.05) is 18.2 Å². The van der Waals surface area contributed by atoms with E-state index in [1.54, 1.807) is 6.20 Å². The van der Waals surface area contributed by atoms with Crippen LogP contribution in [0.4, 0.5) is 26.3 Å². The Morgan fingerprint density at radius 1 is 0.537 bits per heavy atom. The van der Waals surface area contributed by atoms with Gasteiger partial charge in [-0.1, -0.05) is 115 Å². The van der Waals surface area contributed by atoms with E-state index in [-0.39, 0.29) is 27.8 Å².